The highest BCUT2D eigenvalue weighted by atomic mass is 79.9. The number of rotatable bonds is 5. The molecule has 4 aromatic rings. The van der Waals surface area contributed by atoms with Gasteiger partial charge < -0.3 is 9.30 Å². The second-order valence-electron chi connectivity index (χ2n) is 9.41. The van der Waals surface area contributed by atoms with Gasteiger partial charge in [-0.1, -0.05) is 53.4 Å². The average Bonchev–Trinajstić information content (AvgIpc) is 3.18. The van der Waals surface area contributed by atoms with E-state index < -0.39 is 6.04 Å². The SMILES string of the molecule is COC(=O)[C@H](C)n1c(C)c(C=Nn2c(C3CCCCC3)nc3ccc(Br)cc3c2=O)c2ccccc21. The number of hydrogen-bond acceptors (Lipinski definition) is 5. The summed E-state index contributed by atoms with van der Waals surface area (Å²) in [5, 5.41) is 6.24. The summed E-state index contributed by atoms with van der Waals surface area (Å²) in [5.74, 6) is 0.593. The van der Waals surface area contributed by atoms with Crippen molar-refractivity contribution in [1.82, 2.24) is 14.2 Å². The molecule has 0 spiro atoms. The summed E-state index contributed by atoms with van der Waals surface area (Å²) < 4.78 is 9.28. The van der Waals surface area contributed by atoms with Crippen molar-refractivity contribution in [1.29, 1.82) is 0 Å². The van der Waals surface area contributed by atoms with Gasteiger partial charge in [0.2, 0.25) is 0 Å². The first kappa shape index (κ1) is 24.4. The van der Waals surface area contributed by atoms with E-state index in [0.717, 1.165) is 58.1 Å². The first-order valence-corrected chi connectivity index (χ1v) is 13.1. The summed E-state index contributed by atoms with van der Waals surface area (Å²) in [5.41, 5.74) is 3.16. The third kappa shape index (κ3) is 4.28. The Kier molecular flexibility index (Phi) is 6.79. The second-order valence-corrected chi connectivity index (χ2v) is 10.3. The van der Waals surface area contributed by atoms with E-state index in [0.29, 0.717) is 10.9 Å². The van der Waals surface area contributed by atoms with Crippen LogP contribution >= 0.6 is 15.9 Å². The van der Waals surface area contributed by atoms with E-state index in [-0.39, 0.29) is 17.4 Å². The number of methoxy groups -OCH3 is 1. The van der Waals surface area contributed by atoms with E-state index in [1.54, 1.807) is 12.3 Å². The molecular weight excluding hydrogens is 520 g/mol. The molecule has 186 valence electrons. The van der Waals surface area contributed by atoms with Crippen molar-refractivity contribution in [2.45, 2.75) is 57.9 Å². The van der Waals surface area contributed by atoms with Crippen molar-refractivity contribution in [3.05, 3.63) is 74.4 Å². The minimum Gasteiger partial charge on any atom is -0.467 e. The number of aromatic nitrogens is 3. The largest absolute Gasteiger partial charge is 0.467 e. The van der Waals surface area contributed by atoms with Crippen LogP contribution in [0.3, 0.4) is 0 Å². The Balaban J connectivity index is 1.69. The Hall–Kier alpha value is -3.26. The Morgan fingerprint density at radius 3 is 2.67 bits per heavy atom. The standard InChI is InChI=1S/C28H29BrN4O3/c1-17-23(21-11-7-8-12-25(21)32(17)18(2)28(35)36-3)16-30-33-26(19-9-5-4-6-10-19)31-24-14-13-20(29)15-22(24)27(33)34/h7-8,11-16,18-19H,4-6,9-10H2,1-3H3/t18-/m0/s1. The first-order chi connectivity index (χ1) is 17.4. The van der Waals surface area contributed by atoms with Crippen LogP contribution in [0.2, 0.25) is 0 Å². The zero-order valence-corrected chi connectivity index (χ0v) is 22.3. The van der Waals surface area contributed by atoms with Gasteiger partial charge in [-0.25, -0.2) is 9.78 Å². The zero-order chi connectivity index (χ0) is 25.4. The van der Waals surface area contributed by atoms with Crippen molar-refractivity contribution in [3.63, 3.8) is 0 Å². The zero-order valence-electron chi connectivity index (χ0n) is 20.7. The van der Waals surface area contributed by atoms with E-state index in [2.05, 4.69) is 15.9 Å². The molecule has 1 saturated carbocycles. The molecule has 8 heteroatoms. The number of carbonyl (C=O) groups is 1. The highest BCUT2D eigenvalue weighted by Crippen LogP contribution is 2.32. The smallest absolute Gasteiger partial charge is 0.328 e. The van der Waals surface area contributed by atoms with E-state index in [4.69, 9.17) is 14.8 Å². The molecule has 1 atom stereocenters. The fraction of sp³-hybridized carbons (Fsp3) is 0.357. The molecule has 1 fully saturated rings. The number of nitrogens with zero attached hydrogens (tertiary/aromatic N) is 4. The van der Waals surface area contributed by atoms with Crippen LogP contribution in [0.5, 0.6) is 0 Å². The van der Waals surface area contributed by atoms with Crippen molar-refractivity contribution < 1.29 is 9.53 Å². The van der Waals surface area contributed by atoms with Crippen molar-refractivity contribution in [3.8, 4) is 0 Å². The molecule has 7 nitrogen and oxygen atoms in total. The van der Waals surface area contributed by atoms with Crippen LogP contribution in [0.15, 0.2) is 56.8 Å². The highest BCUT2D eigenvalue weighted by molar-refractivity contribution is 9.10. The molecule has 0 N–H and O–H groups in total. The summed E-state index contributed by atoms with van der Waals surface area (Å²) in [7, 11) is 1.40. The lowest BCUT2D eigenvalue weighted by atomic mass is 9.88. The Bertz CT molecular complexity index is 1550. The number of hydrogen-bond donors (Lipinski definition) is 0. The number of para-hydroxylation sites is 1. The van der Waals surface area contributed by atoms with E-state index in [1.807, 2.05) is 54.8 Å². The number of fused-ring (bicyclic) bond motifs is 2. The maximum absolute atomic E-state index is 13.7. The molecule has 0 radical (unpaired) electrons. The van der Waals surface area contributed by atoms with E-state index >= 15 is 0 Å². The van der Waals surface area contributed by atoms with Crippen LogP contribution < -0.4 is 5.56 Å². The molecule has 1 aliphatic carbocycles. The van der Waals surface area contributed by atoms with Gasteiger partial charge in [-0.3, -0.25) is 4.79 Å². The van der Waals surface area contributed by atoms with Gasteiger partial charge in [0.15, 0.2) is 0 Å². The van der Waals surface area contributed by atoms with Gasteiger partial charge in [0.25, 0.3) is 5.56 Å². The number of esters is 1. The van der Waals surface area contributed by atoms with Gasteiger partial charge in [-0.2, -0.15) is 9.78 Å². The highest BCUT2D eigenvalue weighted by Gasteiger charge is 2.24. The van der Waals surface area contributed by atoms with Crippen LogP contribution in [0, 0.1) is 6.92 Å². The predicted octanol–water partition coefficient (Wildman–Crippen LogP) is 6.09. The fourth-order valence-corrected chi connectivity index (χ4v) is 5.73. The molecule has 2 aromatic carbocycles. The van der Waals surface area contributed by atoms with Gasteiger partial charge >= 0.3 is 5.97 Å². The van der Waals surface area contributed by atoms with Crippen LogP contribution in [0.25, 0.3) is 21.8 Å². The van der Waals surface area contributed by atoms with Gasteiger partial charge in [-0.05, 0) is 51.0 Å². The molecule has 0 saturated heterocycles. The molecule has 36 heavy (non-hydrogen) atoms. The van der Waals surface area contributed by atoms with Crippen LogP contribution in [-0.4, -0.2) is 33.5 Å². The number of carbonyl (C=O) groups excluding carboxylic acids is 1. The molecule has 0 amide bonds. The molecule has 2 aromatic heterocycles. The van der Waals surface area contributed by atoms with Gasteiger partial charge in [0.05, 0.1) is 24.2 Å². The normalized spacial score (nSPS) is 15.7. The van der Waals surface area contributed by atoms with Crippen LogP contribution in [0.4, 0.5) is 0 Å². The van der Waals surface area contributed by atoms with Crippen molar-refractivity contribution in [2.75, 3.05) is 7.11 Å². The van der Waals surface area contributed by atoms with Crippen LogP contribution in [-0.2, 0) is 9.53 Å². The summed E-state index contributed by atoms with van der Waals surface area (Å²) in [6.07, 6.45) is 7.19. The predicted molar refractivity (Wildman–Crippen MR) is 146 cm³/mol. The quantitative estimate of drug-likeness (QED) is 0.223. The summed E-state index contributed by atoms with van der Waals surface area (Å²) in [4.78, 5) is 31.0. The third-order valence-electron chi connectivity index (χ3n) is 7.24. The minimum absolute atomic E-state index is 0.178. The minimum atomic E-state index is -0.498. The van der Waals surface area contributed by atoms with Gasteiger partial charge in [0, 0.05) is 32.6 Å². The maximum atomic E-state index is 13.7. The molecular formula is C28H29BrN4O3. The molecule has 0 bridgehead atoms. The van der Waals surface area contributed by atoms with Gasteiger partial charge in [0.1, 0.15) is 11.9 Å². The molecule has 2 heterocycles. The average molecular weight is 549 g/mol. The molecule has 5 rings (SSSR count). The lowest BCUT2D eigenvalue weighted by Gasteiger charge is -2.22. The summed E-state index contributed by atoms with van der Waals surface area (Å²) in [6.45, 7) is 3.78. The fourth-order valence-electron chi connectivity index (χ4n) is 5.37. The maximum Gasteiger partial charge on any atom is 0.328 e. The number of benzene rings is 2. The summed E-state index contributed by atoms with van der Waals surface area (Å²) in [6, 6.07) is 13.0. The van der Waals surface area contributed by atoms with E-state index in [9.17, 15) is 9.59 Å². The van der Waals surface area contributed by atoms with Crippen molar-refractivity contribution >= 4 is 49.9 Å². The van der Waals surface area contributed by atoms with Crippen LogP contribution in [0.1, 0.15) is 68.1 Å². The Morgan fingerprint density at radius 2 is 1.92 bits per heavy atom. The summed E-state index contributed by atoms with van der Waals surface area (Å²) >= 11 is 3.48. The lowest BCUT2D eigenvalue weighted by Crippen LogP contribution is -2.25. The first-order valence-electron chi connectivity index (χ1n) is 12.3. The monoisotopic (exact) mass is 548 g/mol. The Morgan fingerprint density at radius 1 is 1.17 bits per heavy atom. The molecule has 0 unspecified atom stereocenters. The lowest BCUT2D eigenvalue weighted by molar-refractivity contribution is -0.143. The van der Waals surface area contributed by atoms with E-state index in [1.165, 1.54) is 18.2 Å². The topological polar surface area (TPSA) is 78.5 Å². The molecule has 0 aliphatic heterocycles. The number of halogens is 1. The second kappa shape index (κ2) is 10.0. The third-order valence-corrected chi connectivity index (χ3v) is 7.73. The number of ether oxygens (including phenoxy) is 1. The van der Waals surface area contributed by atoms with Gasteiger partial charge in [-0.15, -0.1) is 0 Å². The molecule has 1 aliphatic rings. The van der Waals surface area contributed by atoms with Crippen molar-refractivity contribution in [2.24, 2.45) is 5.10 Å². The Labute approximate surface area is 217 Å².